The van der Waals surface area contributed by atoms with Crippen LogP contribution in [-0.2, 0) is 7.05 Å². The molecule has 0 aromatic carbocycles. The fourth-order valence-electron chi connectivity index (χ4n) is 3.02. The molecular formula is C16H27N4O3+. The standard InChI is InChI=1S/C16H26N4O3/c1-12(21)9-7-5-4-6-8-10-20(3)11-17-14-13(20)15(22)18-16(23)19(14)2/h11-12,21H,4-10H2,1-3H3/p+1. The molecule has 0 bridgehead atoms. The Morgan fingerprint density at radius 1 is 1.26 bits per heavy atom. The van der Waals surface area contributed by atoms with E-state index >= 15 is 0 Å². The highest BCUT2D eigenvalue weighted by Gasteiger charge is 2.36. The molecule has 7 heteroatoms. The van der Waals surface area contributed by atoms with E-state index in [1.807, 2.05) is 14.0 Å². The third-order valence-electron chi connectivity index (χ3n) is 4.46. The zero-order chi connectivity index (χ0) is 17.0. The molecule has 0 spiro atoms. The van der Waals surface area contributed by atoms with Gasteiger partial charge >= 0.3 is 11.2 Å². The van der Waals surface area contributed by atoms with Crippen LogP contribution in [0.2, 0.25) is 0 Å². The van der Waals surface area contributed by atoms with Gasteiger partial charge in [0.25, 0.3) is 0 Å². The smallest absolute Gasteiger partial charge is 0.330 e. The first kappa shape index (κ1) is 17.6. The van der Waals surface area contributed by atoms with E-state index in [0.717, 1.165) is 45.1 Å². The van der Waals surface area contributed by atoms with E-state index < -0.39 is 5.69 Å². The predicted molar refractivity (Wildman–Crippen MR) is 92.4 cm³/mol. The van der Waals surface area contributed by atoms with Crippen LogP contribution < -0.4 is 15.7 Å². The van der Waals surface area contributed by atoms with Crippen LogP contribution in [0.25, 0.3) is 0 Å². The topological polar surface area (TPSA) is 87.5 Å². The second kappa shape index (κ2) is 7.23. The first-order chi connectivity index (χ1) is 10.8. The average Bonchev–Trinajstić information content (AvgIpc) is 2.82. The maximum Gasteiger partial charge on any atom is 0.330 e. The highest BCUT2D eigenvalue weighted by Crippen LogP contribution is 2.31. The number of aliphatic hydroxyl groups is 1. The maximum atomic E-state index is 12.1. The number of hydrogen-bond donors (Lipinski definition) is 2. The molecule has 1 aromatic heterocycles. The molecule has 128 valence electrons. The first-order valence-corrected chi connectivity index (χ1v) is 8.27. The summed E-state index contributed by atoms with van der Waals surface area (Å²) in [5.74, 6) is 0.457. The van der Waals surface area contributed by atoms with Gasteiger partial charge in [0, 0.05) is 7.05 Å². The lowest BCUT2D eigenvalue weighted by atomic mass is 10.1. The van der Waals surface area contributed by atoms with E-state index in [1.165, 1.54) is 4.57 Å². The van der Waals surface area contributed by atoms with Crippen LogP contribution in [-0.4, -0.2) is 40.7 Å². The lowest BCUT2D eigenvalue weighted by Gasteiger charge is -2.24. The highest BCUT2D eigenvalue weighted by atomic mass is 16.3. The number of unbranched alkanes of at least 4 members (excludes halogenated alkanes) is 4. The maximum absolute atomic E-state index is 12.1. The second-order valence-corrected chi connectivity index (χ2v) is 6.63. The minimum atomic E-state index is -0.433. The summed E-state index contributed by atoms with van der Waals surface area (Å²) < 4.78 is 1.72. The molecule has 0 fully saturated rings. The Labute approximate surface area is 135 Å². The summed E-state index contributed by atoms with van der Waals surface area (Å²) >= 11 is 0. The van der Waals surface area contributed by atoms with Crippen molar-refractivity contribution in [1.29, 1.82) is 0 Å². The van der Waals surface area contributed by atoms with Crippen LogP contribution in [0.5, 0.6) is 0 Å². The molecule has 1 aromatic rings. The van der Waals surface area contributed by atoms with Crippen LogP contribution >= 0.6 is 0 Å². The zero-order valence-electron chi connectivity index (χ0n) is 14.2. The van der Waals surface area contributed by atoms with Crippen molar-refractivity contribution in [2.75, 3.05) is 13.6 Å². The Morgan fingerprint density at radius 2 is 1.91 bits per heavy atom. The Bertz CT molecular complexity index is 690. The molecule has 0 saturated carbocycles. The third-order valence-corrected chi connectivity index (χ3v) is 4.46. The van der Waals surface area contributed by atoms with E-state index in [1.54, 1.807) is 13.4 Å². The number of aromatic nitrogens is 2. The molecular weight excluding hydrogens is 296 g/mol. The van der Waals surface area contributed by atoms with Crippen LogP contribution in [0.4, 0.5) is 11.5 Å². The number of rotatable bonds is 8. The number of fused-ring (bicyclic) bond motifs is 1. The number of nitrogens with zero attached hydrogens (tertiary/aromatic N) is 3. The van der Waals surface area contributed by atoms with Crippen LogP contribution in [0, 0.1) is 0 Å². The summed E-state index contributed by atoms with van der Waals surface area (Å²) in [6, 6.07) is 0. The molecule has 0 amide bonds. The van der Waals surface area contributed by atoms with Crippen molar-refractivity contribution in [2.45, 2.75) is 51.6 Å². The Hall–Kier alpha value is -1.73. The van der Waals surface area contributed by atoms with Gasteiger partial charge in [-0.15, -0.1) is 0 Å². The minimum absolute atomic E-state index is 0.213. The van der Waals surface area contributed by atoms with Crippen molar-refractivity contribution in [3.63, 3.8) is 0 Å². The quantitative estimate of drug-likeness (QED) is 0.560. The Morgan fingerprint density at radius 3 is 2.61 bits per heavy atom. The van der Waals surface area contributed by atoms with Crippen LogP contribution in [0.3, 0.4) is 0 Å². The van der Waals surface area contributed by atoms with E-state index in [2.05, 4.69) is 9.98 Å². The van der Waals surface area contributed by atoms with Crippen LogP contribution in [0.1, 0.15) is 45.4 Å². The minimum Gasteiger partial charge on any atom is -0.393 e. The summed E-state index contributed by atoms with van der Waals surface area (Å²) in [6.45, 7) is 2.61. The fourth-order valence-corrected chi connectivity index (χ4v) is 3.02. The van der Waals surface area contributed by atoms with Crippen molar-refractivity contribution in [1.82, 2.24) is 14.0 Å². The number of hydrogen-bond acceptors (Lipinski definition) is 4. The largest absolute Gasteiger partial charge is 0.393 e. The fraction of sp³-hybridized carbons (Fsp3) is 0.688. The van der Waals surface area contributed by atoms with Gasteiger partial charge in [-0.3, -0.25) is 14.3 Å². The Balaban J connectivity index is 1.91. The summed E-state index contributed by atoms with van der Waals surface area (Å²) in [5.41, 5.74) is -0.237. The second-order valence-electron chi connectivity index (χ2n) is 6.63. The van der Waals surface area contributed by atoms with Crippen molar-refractivity contribution in [2.24, 2.45) is 12.0 Å². The van der Waals surface area contributed by atoms with Gasteiger partial charge in [-0.1, -0.05) is 19.3 Å². The van der Waals surface area contributed by atoms with Gasteiger partial charge in [0.15, 0.2) is 6.34 Å². The number of aliphatic imine (C=N–C) groups is 1. The van der Waals surface area contributed by atoms with E-state index in [9.17, 15) is 14.7 Å². The molecule has 2 atom stereocenters. The monoisotopic (exact) mass is 323 g/mol. The molecule has 0 aliphatic carbocycles. The predicted octanol–water partition coefficient (Wildman–Crippen LogP) is 1.41. The van der Waals surface area contributed by atoms with Gasteiger partial charge in [0.2, 0.25) is 11.5 Å². The Kier molecular flexibility index (Phi) is 5.54. The molecule has 2 rings (SSSR count). The van der Waals surface area contributed by atoms with Crippen LogP contribution in [0.15, 0.2) is 14.6 Å². The van der Waals surface area contributed by atoms with Gasteiger partial charge in [0.05, 0.1) is 19.7 Å². The van der Waals surface area contributed by atoms with Crippen molar-refractivity contribution in [3.05, 3.63) is 20.8 Å². The molecule has 0 saturated heterocycles. The van der Waals surface area contributed by atoms with E-state index in [-0.39, 0.29) is 11.7 Å². The average molecular weight is 323 g/mol. The summed E-state index contributed by atoms with van der Waals surface area (Å²) in [7, 11) is 3.56. The van der Waals surface area contributed by atoms with E-state index in [4.69, 9.17) is 0 Å². The van der Waals surface area contributed by atoms with Crippen molar-refractivity contribution >= 4 is 17.8 Å². The number of quaternary nitrogens is 1. The summed E-state index contributed by atoms with van der Waals surface area (Å²) in [6.07, 6.45) is 7.75. The van der Waals surface area contributed by atoms with E-state index in [0.29, 0.717) is 16.0 Å². The number of aliphatic hydroxyl groups excluding tert-OH is 1. The molecule has 1 aliphatic heterocycles. The normalized spacial score (nSPS) is 20.7. The summed E-state index contributed by atoms with van der Waals surface area (Å²) in [5, 5.41) is 9.22. The number of H-pyrrole nitrogens is 1. The summed E-state index contributed by atoms with van der Waals surface area (Å²) in [4.78, 5) is 30.4. The molecule has 7 nitrogen and oxygen atoms in total. The lowest BCUT2D eigenvalue weighted by Crippen LogP contribution is -2.47. The van der Waals surface area contributed by atoms with Crippen molar-refractivity contribution < 1.29 is 5.11 Å². The highest BCUT2D eigenvalue weighted by molar-refractivity contribution is 5.86. The van der Waals surface area contributed by atoms with Gasteiger partial charge in [0.1, 0.15) is 0 Å². The molecule has 0 radical (unpaired) electrons. The number of nitrogens with one attached hydrogen (secondary N) is 1. The number of aromatic amines is 1. The molecule has 2 heterocycles. The van der Waals surface area contributed by atoms with Crippen molar-refractivity contribution in [3.8, 4) is 0 Å². The van der Waals surface area contributed by atoms with Gasteiger partial charge in [-0.2, -0.15) is 4.99 Å². The lowest BCUT2D eigenvalue weighted by molar-refractivity contribution is 0.180. The molecule has 1 aliphatic rings. The zero-order valence-corrected chi connectivity index (χ0v) is 14.2. The van der Waals surface area contributed by atoms with Gasteiger partial charge in [-0.25, -0.2) is 9.28 Å². The van der Waals surface area contributed by atoms with Gasteiger partial charge < -0.3 is 5.11 Å². The molecule has 23 heavy (non-hydrogen) atoms. The van der Waals surface area contributed by atoms with Gasteiger partial charge in [-0.05, 0) is 26.2 Å². The molecule has 2 unspecified atom stereocenters. The SMILES string of the molecule is CC(O)CCCCCCC[N+]1(C)C=Nc2c1c(=O)[nH]c(=O)n2C. The molecule has 2 N–H and O–H groups in total. The first-order valence-electron chi connectivity index (χ1n) is 8.27. The third kappa shape index (κ3) is 3.97.